The van der Waals surface area contributed by atoms with Crippen molar-refractivity contribution < 1.29 is 26.0 Å². The number of nitrogens with zero attached hydrogens (tertiary/aromatic N) is 1. The van der Waals surface area contributed by atoms with Gasteiger partial charge in [-0.2, -0.15) is 17.5 Å². The van der Waals surface area contributed by atoms with E-state index < -0.39 is 33.6 Å². The van der Waals surface area contributed by atoms with Crippen molar-refractivity contribution in [2.45, 2.75) is 17.1 Å². The average molecular weight is 425 g/mol. The summed E-state index contributed by atoms with van der Waals surface area (Å²) in [7, 11) is -4.03. The van der Waals surface area contributed by atoms with Crippen LogP contribution in [0.1, 0.15) is 17.2 Å². The van der Waals surface area contributed by atoms with Gasteiger partial charge in [0.05, 0.1) is 16.5 Å². The summed E-state index contributed by atoms with van der Waals surface area (Å²) in [6.07, 6.45) is -4.54. The van der Waals surface area contributed by atoms with Crippen molar-refractivity contribution in [2.75, 3.05) is 19.6 Å². The fourth-order valence-electron chi connectivity index (χ4n) is 2.92. The summed E-state index contributed by atoms with van der Waals surface area (Å²) in [5.74, 6) is -0.486. The highest BCUT2D eigenvalue weighted by molar-refractivity contribution is 7.89. The van der Waals surface area contributed by atoms with E-state index in [0.29, 0.717) is 12.1 Å². The zero-order valence-corrected chi connectivity index (χ0v) is 15.5. The smallest absolute Gasteiger partial charge is 0.313 e. The number of hydrogen-bond acceptors (Lipinski definition) is 3. The van der Waals surface area contributed by atoms with Crippen LogP contribution in [0.5, 0.6) is 0 Å². The molecule has 0 aromatic heterocycles. The number of rotatable bonds is 3. The Morgan fingerprint density at radius 1 is 1.07 bits per heavy atom. The van der Waals surface area contributed by atoms with Gasteiger partial charge in [-0.1, -0.05) is 12.1 Å². The van der Waals surface area contributed by atoms with Gasteiger partial charge in [0, 0.05) is 19.6 Å². The first-order valence-electron chi connectivity index (χ1n) is 7.85. The second-order valence-corrected chi connectivity index (χ2v) is 7.80. The van der Waals surface area contributed by atoms with Gasteiger partial charge >= 0.3 is 6.18 Å². The molecule has 1 unspecified atom stereocenters. The number of hydrogen-bond donors (Lipinski definition) is 1. The van der Waals surface area contributed by atoms with Crippen molar-refractivity contribution in [3.05, 3.63) is 65.5 Å². The topological polar surface area (TPSA) is 49.4 Å². The molecule has 1 N–H and O–H groups in total. The van der Waals surface area contributed by atoms with Gasteiger partial charge in [0.2, 0.25) is 10.0 Å². The molecule has 0 saturated carbocycles. The summed E-state index contributed by atoms with van der Waals surface area (Å²) in [5, 5.41) is 3.06. The van der Waals surface area contributed by atoms with E-state index in [1.54, 1.807) is 6.07 Å². The van der Waals surface area contributed by atoms with E-state index in [1.165, 1.54) is 22.5 Å². The first-order chi connectivity index (χ1) is 12.2. The maximum atomic E-state index is 13.5. The molecule has 2 aromatic carbocycles. The molecule has 1 aliphatic heterocycles. The highest BCUT2D eigenvalue weighted by Crippen LogP contribution is 2.32. The Morgan fingerprint density at radius 3 is 2.33 bits per heavy atom. The highest BCUT2D eigenvalue weighted by atomic mass is 35.5. The van der Waals surface area contributed by atoms with E-state index in [4.69, 9.17) is 0 Å². The van der Waals surface area contributed by atoms with Crippen LogP contribution in [0.3, 0.4) is 0 Å². The SMILES string of the molecule is Cl.O=S(=O)(c1ccc(C(F)(F)F)cc1)N1CCNCC1c1cccc(F)c1. The zero-order chi connectivity index (χ0) is 18.9. The number of halogens is 5. The van der Waals surface area contributed by atoms with Gasteiger partial charge in [-0.3, -0.25) is 0 Å². The Labute approximate surface area is 160 Å². The van der Waals surface area contributed by atoms with Crippen molar-refractivity contribution >= 4 is 22.4 Å². The van der Waals surface area contributed by atoms with Gasteiger partial charge in [-0.05, 0) is 42.0 Å². The van der Waals surface area contributed by atoms with Gasteiger partial charge < -0.3 is 5.32 Å². The monoisotopic (exact) mass is 424 g/mol. The fraction of sp³-hybridized carbons (Fsp3) is 0.294. The summed E-state index contributed by atoms with van der Waals surface area (Å²) >= 11 is 0. The number of benzene rings is 2. The van der Waals surface area contributed by atoms with Gasteiger partial charge in [-0.15, -0.1) is 12.4 Å². The Hall–Kier alpha value is -1.68. The minimum atomic E-state index is -4.54. The molecule has 4 nitrogen and oxygen atoms in total. The molecule has 148 valence electrons. The lowest BCUT2D eigenvalue weighted by Gasteiger charge is -2.35. The average Bonchev–Trinajstić information content (AvgIpc) is 2.61. The molecule has 1 heterocycles. The largest absolute Gasteiger partial charge is 0.416 e. The standard InChI is InChI=1S/C17H16F4N2O2S.ClH/c18-14-3-1-2-12(10-14)16-11-22-8-9-23(16)26(24,25)15-6-4-13(5-7-15)17(19,20)21;/h1-7,10,16,22H,8-9,11H2;1H. The predicted molar refractivity (Wildman–Crippen MR) is 94.6 cm³/mol. The van der Waals surface area contributed by atoms with Gasteiger partial charge in [0.1, 0.15) is 5.82 Å². The van der Waals surface area contributed by atoms with Gasteiger partial charge in [0.15, 0.2) is 0 Å². The van der Waals surface area contributed by atoms with Crippen LogP contribution in [0.2, 0.25) is 0 Å². The molecule has 10 heteroatoms. The quantitative estimate of drug-likeness (QED) is 0.766. The van der Waals surface area contributed by atoms with Gasteiger partial charge in [0.25, 0.3) is 0 Å². The van der Waals surface area contributed by atoms with Crippen LogP contribution in [-0.2, 0) is 16.2 Å². The summed E-state index contributed by atoms with van der Waals surface area (Å²) in [6.45, 7) is 0.805. The predicted octanol–water partition coefficient (Wildman–Crippen LogP) is 3.60. The second kappa shape index (κ2) is 8.14. The molecular weight excluding hydrogens is 408 g/mol. The van der Waals surface area contributed by atoms with E-state index >= 15 is 0 Å². The molecule has 1 aliphatic rings. The summed E-state index contributed by atoms with van der Waals surface area (Å²) in [4.78, 5) is -0.228. The summed E-state index contributed by atoms with van der Waals surface area (Å²) < 4.78 is 78.7. The lowest BCUT2D eigenvalue weighted by molar-refractivity contribution is -0.137. The number of sulfonamides is 1. The third kappa shape index (κ3) is 4.60. The van der Waals surface area contributed by atoms with Crippen molar-refractivity contribution in [2.24, 2.45) is 0 Å². The van der Waals surface area contributed by atoms with Crippen LogP contribution in [-0.4, -0.2) is 32.4 Å². The van der Waals surface area contributed by atoms with E-state index in [2.05, 4.69) is 5.32 Å². The third-order valence-electron chi connectivity index (χ3n) is 4.22. The molecule has 3 rings (SSSR count). The van der Waals surface area contributed by atoms with Crippen LogP contribution in [0.25, 0.3) is 0 Å². The molecule has 2 aromatic rings. The molecule has 0 aliphatic carbocycles. The molecule has 0 spiro atoms. The maximum Gasteiger partial charge on any atom is 0.416 e. The molecule has 0 radical (unpaired) electrons. The van der Waals surface area contributed by atoms with Crippen LogP contribution in [0.4, 0.5) is 17.6 Å². The van der Waals surface area contributed by atoms with E-state index in [-0.39, 0.29) is 30.4 Å². The molecule has 1 atom stereocenters. The highest BCUT2D eigenvalue weighted by Gasteiger charge is 2.36. The van der Waals surface area contributed by atoms with Crippen molar-refractivity contribution in [1.29, 1.82) is 0 Å². The minimum Gasteiger partial charge on any atom is -0.313 e. The molecular formula is C17H17ClF4N2O2S. The minimum absolute atomic E-state index is 0. The van der Waals surface area contributed by atoms with Crippen LogP contribution >= 0.6 is 12.4 Å². The maximum absolute atomic E-state index is 13.5. The van der Waals surface area contributed by atoms with E-state index in [0.717, 1.165) is 24.3 Å². The Morgan fingerprint density at radius 2 is 1.74 bits per heavy atom. The van der Waals surface area contributed by atoms with Crippen molar-refractivity contribution in [3.63, 3.8) is 0 Å². The Balaban J connectivity index is 0.00000261. The molecule has 0 bridgehead atoms. The third-order valence-corrected chi connectivity index (χ3v) is 6.14. The van der Waals surface area contributed by atoms with E-state index in [9.17, 15) is 26.0 Å². The molecule has 1 saturated heterocycles. The van der Waals surface area contributed by atoms with E-state index in [1.807, 2.05) is 0 Å². The number of alkyl halides is 3. The second-order valence-electron chi connectivity index (χ2n) is 5.91. The van der Waals surface area contributed by atoms with Crippen molar-refractivity contribution in [3.8, 4) is 0 Å². The normalized spacial score (nSPS) is 18.7. The van der Waals surface area contributed by atoms with Crippen LogP contribution in [0.15, 0.2) is 53.4 Å². The summed E-state index contributed by atoms with van der Waals surface area (Å²) in [6, 6.07) is 8.36. The summed E-state index contributed by atoms with van der Waals surface area (Å²) in [5.41, 5.74) is -0.439. The first-order valence-corrected chi connectivity index (χ1v) is 9.29. The van der Waals surface area contributed by atoms with Crippen molar-refractivity contribution in [1.82, 2.24) is 9.62 Å². The molecule has 27 heavy (non-hydrogen) atoms. The first kappa shape index (κ1) is 21.6. The molecule has 1 fully saturated rings. The lowest BCUT2D eigenvalue weighted by atomic mass is 10.1. The van der Waals surface area contributed by atoms with Gasteiger partial charge in [-0.25, -0.2) is 12.8 Å². The van der Waals surface area contributed by atoms with Crippen LogP contribution < -0.4 is 5.32 Å². The zero-order valence-electron chi connectivity index (χ0n) is 13.9. The lowest BCUT2D eigenvalue weighted by Crippen LogP contribution is -2.48. The Kier molecular flexibility index (Phi) is 6.51. The fourth-order valence-corrected chi connectivity index (χ4v) is 4.54. The Bertz CT molecular complexity index is 889. The number of piperazine rings is 1. The number of nitrogens with one attached hydrogen (secondary N) is 1. The molecule has 0 amide bonds. The van der Waals surface area contributed by atoms with Crippen LogP contribution in [0, 0.1) is 5.82 Å².